The molecule has 0 N–H and O–H groups in total. The SMILES string of the molecule is CC(C)(C)OC(=O)N(C1O[C@H]1Br)S(=O)(=O)c1ccccc1. The van der Waals surface area contributed by atoms with Crippen molar-refractivity contribution in [2.24, 2.45) is 0 Å². The standard InChI is InChI=1S/C13H16BrNO5S/c1-13(2,3)20-12(16)15(11-10(14)19-11)21(17,18)9-7-5-4-6-8-9/h4-8,10-11H,1-3H3/t10-,11?/m1/s1. The van der Waals surface area contributed by atoms with Crippen molar-refractivity contribution in [2.45, 2.75) is 42.5 Å². The van der Waals surface area contributed by atoms with E-state index >= 15 is 0 Å². The summed E-state index contributed by atoms with van der Waals surface area (Å²) in [7, 11) is -4.04. The Morgan fingerprint density at radius 2 is 1.81 bits per heavy atom. The first-order valence-electron chi connectivity index (χ1n) is 6.25. The molecule has 1 aromatic carbocycles. The maximum absolute atomic E-state index is 12.6. The minimum absolute atomic E-state index is 0.00561. The Labute approximate surface area is 132 Å². The van der Waals surface area contributed by atoms with Crippen LogP contribution in [0.4, 0.5) is 4.79 Å². The van der Waals surface area contributed by atoms with E-state index in [9.17, 15) is 13.2 Å². The van der Waals surface area contributed by atoms with Crippen LogP contribution in [0.15, 0.2) is 35.2 Å². The van der Waals surface area contributed by atoms with Crippen molar-refractivity contribution in [2.75, 3.05) is 0 Å². The van der Waals surface area contributed by atoms with Gasteiger partial charge in [-0.15, -0.1) is 0 Å². The number of hydrogen-bond acceptors (Lipinski definition) is 5. The fourth-order valence-electron chi connectivity index (χ4n) is 1.60. The Balaban J connectivity index is 2.35. The highest BCUT2D eigenvalue weighted by Crippen LogP contribution is 2.35. The van der Waals surface area contributed by atoms with Gasteiger partial charge in [0.1, 0.15) is 5.60 Å². The van der Waals surface area contributed by atoms with Gasteiger partial charge in [0.15, 0.2) is 11.2 Å². The molecule has 2 rings (SSSR count). The van der Waals surface area contributed by atoms with Crippen LogP contribution in [0, 0.1) is 0 Å². The smallest absolute Gasteiger partial charge is 0.426 e. The summed E-state index contributed by atoms with van der Waals surface area (Å²) in [6.07, 6.45) is -1.86. The van der Waals surface area contributed by atoms with Gasteiger partial charge in [-0.2, -0.15) is 4.31 Å². The van der Waals surface area contributed by atoms with Crippen LogP contribution in [0.3, 0.4) is 0 Å². The Hall–Kier alpha value is -1.12. The zero-order chi connectivity index (χ0) is 15.8. The molecule has 1 aromatic rings. The molecular weight excluding hydrogens is 362 g/mol. The van der Waals surface area contributed by atoms with Crippen molar-refractivity contribution in [1.29, 1.82) is 0 Å². The summed E-state index contributed by atoms with van der Waals surface area (Å²) in [6.45, 7) is 4.99. The van der Waals surface area contributed by atoms with Gasteiger partial charge < -0.3 is 9.47 Å². The van der Waals surface area contributed by atoms with E-state index in [-0.39, 0.29) is 4.90 Å². The van der Waals surface area contributed by atoms with Crippen molar-refractivity contribution in [3.63, 3.8) is 0 Å². The summed E-state index contributed by atoms with van der Waals surface area (Å²) in [6, 6.07) is 7.69. The molecule has 0 spiro atoms. The van der Waals surface area contributed by atoms with Crippen LogP contribution in [-0.4, -0.2) is 35.7 Å². The molecule has 0 bridgehead atoms. The number of hydrogen-bond donors (Lipinski definition) is 0. The maximum atomic E-state index is 12.6. The molecule has 1 fully saturated rings. The largest absolute Gasteiger partial charge is 0.443 e. The van der Waals surface area contributed by atoms with Gasteiger partial charge in [0.2, 0.25) is 0 Å². The fraction of sp³-hybridized carbons (Fsp3) is 0.462. The molecule has 0 radical (unpaired) electrons. The molecular formula is C13H16BrNO5S. The molecule has 1 aliphatic rings. The van der Waals surface area contributed by atoms with Gasteiger partial charge in [-0.3, -0.25) is 0 Å². The van der Waals surface area contributed by atoms with Gasteiger partial charge in [0.25, 0.3) is 10.0 Å². The van der Waals surface area contributed by atoms with Crippen molar-refractivity contribution in [3.8, 4) is 0 Å². The van der Waals surface area contributed by atoms with E-state index in [0.29, 0.717) is 4.31 Å². The number of carbonyl (C=O) groups is 1. The lowest BCUT2D eigenvalue weighted by atomic mass is 10.2. The Bertz CT molecular complexity index is 626. The average molecular weight is 378 g/mol. The third kappa shape index (κ3) is 3.75. The minimum atomic E-state index is -4.04. The quantitative estimate of drug-likeness (QED) is 0.597. The number of amides is 1. The Morgan fingerprint density at radius 1 is 1.29 bits per heavy atom. The van der Waals surface area contributed by atoms with Crippen LogP contribution in [-0.2, 0) is 19.5 Å². The van der Waals surface area contributed by atoms with Gasteiger partial charge in [-0.25, -0.2) is 13.2 Å². The summed E-state index contributed by atoms with van der Waals surface area (Å²) in [5, 5.41) is -0.525. The highest BCUT2D eigenvalue weighted by Gasteiger charge is 2.51. The molecule has 116 valence electrons. The molecule has 1 amide bonds. The molecule has 2 atom stereocenters. The van der Waals surface area contributed by atoms with E-state index in [1.165, 1.54) is 12.1 Å². The average Bonchev–Trinajstić information content (AvgIpc) is 3.04. The molecule has 6 nitrogen and oxygen atoms in total. The van der Waals surface area contributed by atoms with Crippen molar-refractivity contribution < 1.29 is 22.7 Å². The zero-order valence-corrected chi connectivity index (χ0v) is 14.2. The normalized spacial score (nSPS) is 21.7. The topological polar surface area (TPSA) is 76.2 Å². The first-order chi connectivity index (χ1) is 9.63. The number of epoxide rings is 1. The summed E-state index contributed by atoms with van der Waals surface area (Å²) < 4.78 is 36.1. The highest BCUT2D eigenvalue weighted by atomic mass is 79.9. The molecule has 0 aliphatic carbocycles. The Kier molecular flexibility index (Phi) is 4.32. The summed E-state index contributed by atoms with van der Waals surface area (Å²) >= 11 is 3.13. The number of alkyl halides is 1. The molecule has 1 unspecified atom stereocenters. The molecule has 1 saturated heterocycles. The number of ether oxygens (including phenoxy) is 2. The van der Waals surface area contributed by atoms with E-state index in [2.05, 4.69) is 15.9 Å². The second-order valence-corrected chi connectivity index (χ2v) is 8.19. The molecule has 1 heterocycles. The van der Waals surface area contributed by atoms with Crippen molar-refractivity contribution in [3.05, 3.63) is 30.3 Å². The lowest BCUT2D eigenvalue weighted by Crippen LogP contribution is -2.43. The summed E-state index contributed by atoms with van der Waals surface area (Å²) in [5.74, 6) is 0. The number of halogens is 1. The third-order valence-electron chi connectivity index (χ3n) is 2.52. The van der Waals surface area contributed by atoms with Crippen LogP contribution in [0.5, 0.6) is 0 Å². The fourth-order valence-corrected chi connectivity index (χ4v) is 3.61. The predicted octanol–water partition coefficient (Wildman–Crippen LogP) is 2.69. The number of rotatable bonds is 3. The molecule has 1 aliphatic heterocycles. The molecule has 21 heavy (non-hydrogen) atoms. The van der Waals surface area contributed by atoms with Crippen LogP contribution < -0.4 is 0 Å². The minimum Gasteiger partial charge on any atom is -0.443 e. The van der Waals surface area contributed by atoms with Crippen LogP contribution >= 0.6 is 15.9 Å². The number of benzene rings is 1. The van der Waals surface area contributed by atoms with Gasteiger partial charge in [-0.1, -0.05) is 34.1 Å². The summed E-state index contributed by atoms with van der Waals surface area (Å²) in [4.78, 5) is 12.2. The van der Waals surface area contributed by atoms with Crippen LogP contribution in [0.25, 0.3) is 0 Å². The van der Waals surface area contributed by atoms with E-state index in [4.69, 9.17) is 9.47 Å². The van der Waals surface area contributed by atoms with Crippen LogP contribution in [0.2, 0.25) is 0 Å². The first kappa shape index (κ1) is 16.3. The second-order valence-electron chi connectivity index (χ2n) is 5.47. The van der Waals surface area contributed by atoms with Crippen molar-refractivity contribution >= 4 is 32.0 Å². The number of sulfonamides is 1. The van der Waals surface area contributed by atoms with E-state index in [1.54, 1.807) is 39.0 Å². The van der Waals surface area contributed by atoms with E-state index in [1.807, 2.05) is 0 Å². The second kappa shape index (κ2) is 5.58. The zero-order valence-electron chi connectivity index (χ0n) is 11.8. The number of carbonyl (C=O) groups excluding carboxylic acids is 1. The first-order valence-corrected chi connectivity index (χ1v) is 8.60. The number of nitrogens with zero attached hydrogens (tertiary/aromatic N) is 1. The van der Waals surface area contributed by atoms with Gasteiger partial charge in [0.05, 0.1) is 4.90 Å². The Morgan fingerprint density at radius 3 is 2.24 bits per heavy atom. The molecule has 0 saturated carbocycles. The molecule has 0 aromatic heterocycles. The lowest BCUT2D eigenvalue weighted by Gasteiger charge is -2.25. The summed E-state index contributed by atoms with van der Waals surface area (Å²) in [5.41, 5.74) is -0.807. The predicted molar refractivity (Wildman–Crippen MR) is 79.3 cm³/mol. The van der Waals surface area contributed by atoms with Crippen molar-refractivity contribution in [1.82, 2.24) is 4.31 Å². The monoisotopic (exact) mass is 377 g/mol. The highest BCUT2D eigenvalue weighted by molar-refractivity contribution is 9.09. The van der Waals surface area contributed by atoms with Gasteiger partial charge >= 0.3 is 6.09 Å². The van der Waals surface area contributed by atoms with Gasteiger partial charge in [0, 0.05) is 0 Å². The molecule has 8 heteroatoms. The lowest BCUT2D eigenvalue weighted by molar-refractivity contribution is 0.0336. The maximum Gasteiger partial charge on any atom is 0.426 e. The van der Waals surface area contributed by atoms with E-state index in [0.717, 1.165) is 0 Å². The van der Waals surface area contributed by atoms with Gasteiger partial charge in [-0.05, 0) is 32.9 Å². The third-order valence-corrected chi connectivity index (χ3v) is 4.93. The van der Waals surface area contributed by atoms with E-state index < -0.39 is 33.0 Å². The van der Waals surface area contributed by atoms with Crippen LogP contribution in [0.1, 0.15) is 20.8 Å².